The number of nitrogens with zero attached hydrogens (tertiary/aromatic N) is 1. The van der Waals surface area contributed by atoms with Crippen molar-refractivity contribution in [2.75, 3.05) is 13.1 Å². The molecule has 0 aromatic carbocycles. The van der Waals surface area contributed by atoms with Crippen molar-refractivity contribution >= 4 is 5.97 Å². The van der Waals surface area contributed by atoms with Crippen LogP contribution in [0.25, 0.3) is 0 Å². The summed E-state index contributed by atoms with van der Waals surface area (Å²) in [5, 5.41) is 9.42. The molecule has 0 radical (unpaired) electrons. The topological polar surface area (TPSA) is 40.5 Å². The molecule has 0 aromatic heterocycles. The van der Waals surface area contributed by atoms with Crippen LogP contribution in [0.3, 0.4) is 0 Å². The molecule has 2 aliphatic rings. The highest BCUT2D eigenvalue weighted by atomic mass is 16.4. The summed E-state index contributed by atoms with van der Waals surface area (Å²) in [5.74, 6) is -0.598. The van der Waals surface area contributed by atoms with E-state index < -0.39 is 11.4 Å². The molecule has 92 valence electrons. The molecule has 16 heavy (non-hydrogen) atoms. The van der Waals surface area contributed by atoms with Crippen LogP contribution >= 0.6 is 0 Å². The van der Waals surface area contributed by atoms with Crippen molar-refractivity contribution in [2.45, 2.75) is 57.9 Å². The van der Waals surface area contributed by atoms with E-state index in [1.165, 1.54) is 25.7 Å². The summed E-state index contributed by atoms with van der Waals surface area (Å²) in [6.07, 6.45) is 8.11. The van der Waals surface area contributed by atoms with Crippen LogP contribution in [0.1, 0.15) is 51.9 Å². The van der Waals surface area contributed by atoms with Gasteiger partial charge in [0, 0.05) is 6.04 Å². The number of carboxylic acid groups (broad SMARTS) is 1. The van der Waals surface area contributed by atoms with Crippen molar-refractivity contribution in [1.82, 2.24) is 4.90 Å². The minimum atomic E-state index is -0.598. The second kappa shape index (κ2) is 4.74. The molecule has 2 unspecified atom stereocenters. The fourth-order valence-electron chi connectivity index (χ4n) is 3.39. The minimum Gasteiger partial charge on any atom is -0.481 e. The van der Waals surface area contributed by atoms with E-state index in [9.17, 15) is 9.90 Å². The Hall–Kier alpha value is -0.570. The number of hydrogen-bond acceptors (Lipinski definition) is 2. The van der Waals surface area contributed by atoms with Gasteiger partial charge in [-0.05, 0) is 45.7 Å². The highest BCUT2D eigenvalue weighted by Crippen LogP contribution is 2.41. The summed E-state index contributed by atoms with van der Waals surface area (Å²) in [6, 6.07) is 0.281. The standard InChI is InChI=1S/C13H23NO2/c1-13(12(15)16)8-6-7-11(13)14-9-4-2-3-5-10-14/h11H,2-10H2,1H3,(H,15,16). The Balaban J connectivity index is 2.09. The molecular weight excluding hydrogens is 202 g/mol. The van der Waals surface area contributed by atoms with Gasteiger partial charge in [-0.25, -0.2) is 0 Å². The molecular formula is C13H23NO2. The average Bonchev–Trinajstić information content (AvgIpc) is 2.51. The third kappa shape index (κ3) is 2.10. The largest absolute Gasteiger partial charge is 0.481 e. The molecule has 1 aliphatic heterocycles. The van der Waals surface area contributed by atoms with Crippen molar-refractivity contribution in [3.8, 4) is 0 Å². The second-order valence-corrected chi connectivity index (χ2v) is 5.58. The van der Waals surface area contributed by atoms with Gasteiger partial charge in [0.25, 0.3) is 0 Å². The molecule has 2 fully saturated rings. The number of hydrogen-bond donors (Lipinski definition) is 1. The molecule has 0 bridgehead atoms. The molecule has 0 spiro atoms. The molecule has 1 saturated heterocycles. The van der Waals surface area contributed by atoms with Gasteiger partial charge in [0.2, 0.25) is 0 Å². The van der Waals surface area contributed by atoms with Crippen molar-refractivity contribution in [3.05, 3.63) is 0 Å². The third-order valence-electron chi connectivity index (χ3n) is 4.48. The van der Waals surface area contributed by atoms with Crippen molar-refractivity contribution < 1.29 is 9.90 Å². The molecule has 2 atom stereocenters. The lowest BCUT2D eigenvalue weighted by atomic mass is 9.84. The van der Waals surface area contributed by atoms with Crippen LogP contribution in [-0.4, -0.2) is 35.1 Å². The molecule has 1 saturated carbocycles. The highest BCUT2D eigenvalue weighted by Gasteiger charge is 2.47. The number of carbonyl (C=O) groups is 1. The van der Waals surface area contributed by atoms with Crippen LogP contribution in [0.4, 0.5) is 0 Å². The quantitative estimate of drug-likeness (QED) is 0.785. The van der Waals surface area contributed by atoms with Crippen molar-refractivity contribution in [2.24, 2.45) is 5.41 Å². The summed E-state index contributed by atoms with van der Waals surface area (Å²) < 4.78 is 0. The number of rotatable bonds is 2. The van der Waals surface area contributed by atoms with Crippen molar-refractivity contribution in [1.29, 1.82) is 0 Å². The van der Waals surface area contributed by atoms with Gasteiger partial charge >= 0.3 is 5.97 Å². The zero-order chi connectivity index (χ0) is 11.6. The Kier molecular flexibility index (Phi) is 3.53. The first kappa shape index (κ1) is 11.9. The molecule has 1 aliphatic carbocycles. The van der Waals surface area contributed by atoms with Gasteiger partial charge in [-0.15, -0.1) is 0 Å². The Morgan fingerprint density at radius 1 is 1.19 bits per heavy atom. The Morgan fingerprint density at radius 2 is 1.81 bits per heavy atom. The van der Waals surface area contributed by atoms with Crippen LogP contribution in [0, 0.1) is 5.41 Å². The zero-order valence-corrected chi connectivity index (χ0v) is 10.2. The predicted octanol–water partition coefficient (Wildman–Crippen LogP) is 2.51. The van der Waals surface area contributed by atoms with E-state index in [0.29, 0.717) is 0 Å². The molecule has 3 nitrogen and oxygen atoms in total. The van der Waals surface area contributed by atoms with Gasteiger partial charge in [-0.2, -0.15) is 0 Å². The van der Waals surface area contributed by atoms with Gasteiger partial charge in [-0.3, -0.25) is 9.69 Å². The lowest BCUT2D eigenvalue weighted by molar-refractivity contribution is -0.151. The highest BCUT2D eigenvalue weighted by molar-refractivity contribution is 5.75. The van der Waals surface area contributed by atoms with Gasteiger partial charge in [-0.1, -0.05) is 19.3 Å². The maximum atomic E-state index is 11.4. The average molecular weight is 225 g/mol. The predicted molar refractivity (Wildman–Crippen MR) is 63.4 cm³/mol. The Morgan fingerprint density at radius 3 is 2.38 bits per heavy atom. The Labute approximate surface area is 97.8 Å². The molecule has 0 amide bonds. The van der Waals surface area contributed by atoms with E-state index in [4.69, 9.17) is 0 Å². The van der Waals surface area contributed by atoms with E-state index in [2.05, 4.69) is 4.90 Å². The van der Waals surface area contributed by atoms with Crippen LogP contribution in [-0.2, 0) is 4.79 Å². The van der Waals surface area contributed by atoms with E-state index in [1.54, 1.807) is 0 Å². The van der Waals surface area contributed by atoms with Crippen LogP contribution in [0.2, 0.25) is 0 Å². The molecule has 0 aromatic rings. The van der Waals surface area contributed by atoms with Crippen LogP contribution in [0.15, 0.2) is 0 Å². The van der Waals surface area contributed by atoms with E-state index >= 15 is 0 Å². The van der Waals surface area contributed by atoms with E-state index in [0.717, 1.165) is 32.4 Å². The summed E-state index contributed by atoms with van der Waals surface area (Å²) in [6.45, 7) is 4.15. The van der Waals surface area contributed by atoms with Crippen LogP contribution in [0.5, 0.6) is 0 Å². The SMILES string of the molecule is CC1(C(=O)O)CCCC1N1CCCCCC1. The first-order valence-corrected chi connectivity index (χ1v) is 6.62. The maximum absolute atomic E-state index is 11.4. The summed E-state index contributed by atoms with van der Waals surface area (Å²) in [4.78, 5) is 13.9. The molecule has 1 N–H and O–H groups in total. The summed E-state index contributed by atoms with van der Waals surface area (Å²) >= 11 is 0. The van der Waals surface area contributed by atoms with E-state index in [1.807, 2.05) is 6.92 Å². The minimum absolute atomic E-state index is 0.281. The van der Waals surface area contributed by atoms with Gasteiger partial charge < -0.3 is 5.11 Å². The van der Waals surface area contributed by atoms with Gasteiger partial charge in [0.1, 0.15) is 0 Å². The van der Waals surface area contributed by atoms with Crippen molar-refractivity contribution in [3.63, 3.8) is 0 Å². The lowest BCUT2D eigenvalue weighted by Crippen LogP contribution is -2.47. The molecule has 1 heterocycles. The molecule has 2 rings (SSSR count). The fourth-order valence-corrected chi connectivity index (χ4v) is 3.39. The second-order valence-electron chi connectivity index (χ2n) is 5.58. The monoisotopic (exact) mass is 225 g/mol. The zero-order valence-electron chi connectivity index (χ0n) is 10.2. The van der Waals surface area contributed by atoms with Gasteiger partial charge in [0.15, 0.2) is 0 Å². The fraction of sp³-hybridized carbons (Fsp3) is 0.923. The number of aliphatic carboxylic acids is 1. The summed E-state index contributed by atoms with van der Waals surface area (Å²) in [5.41, 5.74) is -0.496. The number of likely N-dealkylation sites (tertiary alicyclic amines) is 1. The lowest BCUT2D eigenvalue weighted by Gasteiger charge is -2.36. The Bertz CT molecular complexity index is 259. The first-order chi connectivity index (χ1) is 7.64. The van der Waals surface area contributed by atoms with Crippen LogP contribution < -0.4 is 0 Å². The van der Waals surface area contributed by atoms with E-state index in [-0.39, 0.29) is 6.04 Å². The smallest absolute Gasteiger partial charge is 0.310 e. The normalized spacial score (nSPS) is 37.2. The number of carboxylic acids is 1. The first-order valence-electron chi connectivity index (χ1n) is 6.62. The molecule has 3 heteroatoms. The third-order valence-corrected chi connectivity index (χ3v) is 4.48. The maximum Gasteiger partial charge on any atom is 0.310 e. The summed E-state index contributed by atoms with van der Waals surface area (Å²) in [7, 11) is 0. The van der Waals surface area contributed by atoms with Gasteiger partial charge in [0.05, 0.1) is 5.41 Å².